The number of amides is 2. The van der Waals surface area contributed by atoms with Gasteiger partial charge in [0.05, 0.1) is 12.3 Å². The van der Waals surface area contributed by atoms with E-state index in [1.165, 1.54) is 0 Å². The molecule has 0 fully saturated rings. The largest absolute Gasteiger partial charge is 0.493 e. The first-order chi connectivity index (χ1) is 17.0. The molecule has 178 valence electrons. The number of benzene rings is 4. The van der Waals surface area contributed by atoms with Crippen LogP contribution in [0.4, 0.5) is 11.4 Å². The van der Waals surface area contributed by atoms with Gasteiger partial charge in [-0.1, -0.05) is 56.3 Å². The molecule has 0 unspecified atom stereocenters. The molecule has 0 aliphatic heterocycles. The fourth-order valence-electron chi connectivity index (χ4n) is 3.91. The van der Waals surface area contributed by atoms with Crippen LogP contribution in [-0.4, -0.2) is 25.0 Å². The fourth-order valence-corrected chi connectivity index (χ4v) is 3.91. The quantitative estimate of drug-likeness (QED) is 0.311. The number of hydrogen-bond donors (Lipinski definition) is 1. The highest BCUT2D eigenvalue weighted by Gasteiger charge is 2.18. The van der Waals surface area contributed by atoms with Crippen LogP contribution >= 0.6 is 0 Å². The third-order valence-corrected chi connectivity index (χ3v) is 5.69. The van der Waals surface area contributed by atoms with Crippen molar-refractivity contribution in [3.63, 3.8) is 0 Å². The minimum Gasteiger partial charge on any atom is -0.493 e. The van der Waals surface area contributed by atoms with Crippen LogP contribution in [0.15, 0.2) is 91.0 Å². The molecule has 0 spiro atoms. The molecule has 0 radical (unpaired) electrons. The Labute approximate surface area is 206 Å². The molecule has 0 aliphatic rings. The normalized spacial score (nSPS) is 10.9. The van der Waals surface area contributed by atoms with Gasteiger partial charge in [-0.15, -0.1) is 0 Å². The lowest BCUT2D eigenvalue weighted by molar-refractivity contribution is 0.0987. The first-order valence-corrected chi connectivity index (χ1v) is 11.9. The van der Waals surface area contributed by atoms with E-state index in [0.29, 0.717) is 41.6 Å². The van der Waals surface area contributed by atoms with Gasteiger partial charge in [0.15, 0.2) is 0 Å². The maximum Gasteiger partial charge on any atom is 0.258 e. The van der Waals surface area contributed by atoms with E-state index in [9.17, 15) is 9.59 Å². The summed E-state index contributed by atoms with van der Waals surface area (Å²) in [6.45, 7) is 7.25. The van der Waals surface area contributed by atoms with Crippen LogP contribution in [0.25, 0.3) is 10.8 Å². The van der Waals surface area contributed by atoms with Gasteiger partial charge in [-0.25, -0.2) is 0 Å². The van der Waals surface area contributed by atoms with E-state index in [1.807, 2.05) is 55.5 Å². The van der Waals surface area contributed by atoms with Gasteiger partial charge in [0.25, 0.3) is 11.8 Å². The van der Waals surface area contributed by atoms with E-state index in [2.05, 4.69) is 19.2 Å². The summed E-state index contributed by atoms with van der Waals surface area (Å²) in [5, 5.41) is 5.02. The summed E-state index contributed by atoms with van der Waals surface area (Å²) in [7, 11) is 0. The van der Waals surface area contributed by atoms with Gasteiger partial charge in [-0.3, -0.25) is 9.59 Å². The van der Waals surface area contributed by atoms with Crippen LogP contribution in [0.3, 0.4) is 0 Å². The maximum atomic E-state index is 13.3. The van der Waals surface area contributed by atoms with E-state index in [4.69, 9.17) is 4.74 Å². The first-order valence-electron chi connectivity index (χ1n) is 11.9. The molecule has 0 saturated carbocycles. The average molecular weight is 467 g/mol. The zero-order chi connectivity index (χ0) is 24.8. The van der Waals surface area contributed by atoms with E-state index in [-0.39, 0.29) is 11.8 Å². The number of hydrogen-bond acceptors (Lipinski definition) is 3. The van der Waals surface area contributed by atoms with Crippen molar-refractivity contribution >= 4 is 34.0 Å². The molecular weight excluding hydrogens is 436 g/mol. The second-order valence-corrected chi connectivity index (χ2v) is 8.81. The second-order valence-electron chi connectivity index (χ2n) is 8.81. The third kappa shape index (κ3) is 5.69. The van der Waals surface area contributed by atoms with Crippen LogP contribution < -0.4 is 15.0 Å². The predicted octanol–water partition coefficient (Wildman–Crippen LogP) is 6.79. The summed E-state index contributed by atoms with van der Waals surface area (Å²) < 4.78 is 5.72. The SMILES string of the molecule is CCN(C(=O)c1ccc(NC(=O)c2cccc(OCC(C)C)c2)cc1)c1cccc2ccccc12. The van der Waals surface area contributed by atoms with Crippen molar-refractivity contribution in [1.82, 2.24) is 0 Å². The van der Waals surface area contributed by atoms with E-state index in [0.717, 1.165) is 16.5 Å². The van der Waals surface area contributed by atoms with Crippen molar-refractivity contribution < 1.29 is 14.3 Å². The monoisotopic (exact) mass is 466 g/mol. The highest BCUT2D eigenvalue weighted by Crippen LogP contribution is 2.28. The van der Waals surface area contributed by atoms with Crippen molar-refractivity contribution in [2.75, 3.05) is 23.4 Å². The predicted molar refractivity (Wildman–Crippen MR) is 142 cm³/mol. The van der Waals surface area contributed by atoms with E-state index >= 15 is 0 Å². The van der Waals surface area contributed by atoms with Crippen LogP contribution in [0.2, 0.25) is 0 Å². The number of nitrogens with zero attached hydrogens (tertiary/aromatic N) is 1. The Morgan fingerprint density at radius 2 is 1.57 bits per heavy atom. The lowest BCUT2D eigenvalue weighted by Gasteiger charge is -2.23. The van der Waals surface area contributed by atoms with Gasteiger partial charge in [-0.2, -0.15) is 0 Å². The standard InChI is InChI=1S/C30H30N2O3/c1-4-32(28-14-8-10-22-9-5-6-13-27(22)28)30(34)23-15-17-25(18-16-23)31-29(33)24-11-7-12-26(19-24)35-20-21(2)3/h5-19,21H,4,20H2,1-3H3,(H,31,33). The number of carbonyl (C=O) groups is 2. The van der Waals surface area contributed by atoms with Crippen molar-refractivity contribution in [1.29, 1.82) is 0 Å². The van der Waals surface area contributed by atoms with Crippen molar-refractivity contribution in [2.45, 2.75) is 20.8 Å². The first kappa shape index (κ1) is 24.0. The number of anilines is 2. The van der Waals surface area contributed by atoms with E-state index in [1.54, 1.807) is 47.4 Å². The highest BCUT2D eigenvalue weighted by molar-refractivity contribution is 6.11. The van der Waals surface area contributed by atoms with Gasteiger partial charge in [0, 0.05) is 28.7 Å². The molecule has 0 saturated heterocycles. The molecule has 4 rings (SSSR count). The van der Waals surface area contributed by atoms with Gasteiger partial charge in [-0.05, 0) is 66.8 Å². The second kappa shape index (κ2) is 10.9. The van der Waals surface area contributed by atoms with Crippen LogP contribution in [0.1, 0.15) is 41.5 Å². The summed E-state index contributed by atoms with van der Waals surface area (Å²) >= 11 is 0. The Morgan fingerprint density at radius 1 is 0.857 bits per heavy atom. The third-order valence-electron chi connectivity index (χ3n) is 5.69. The zero-order valence-corrected chi connectivity index (χ0v) is 20.3. The van der Waals surface area contributed by atoms with Crippen molar-refractivity contribution in [2.24, 2.45) is 5.92 Å². The summed E-state index contributed by atoms with van der Waals surface area (Å²) in [5.41, 5.74) is 2.57. The number of carbonyl (C=O) groups excluding carboxylic acids is 2. The molecule has 0 aromatic heterocycles. The number of fused-ring (bicyclic) bond motifs is 1. The zero-order valence-electron chi connectivity index (χ0n) is 20.3. The molecule has 4 aromatic carbocycles. The Hall–Kier alpha value is -4.12. The number of rotatable bonds is 8. The van der Waals surface area contributed by atoms with Crippen molar-refractivity contribution in [3.8, 4) is 5.75 Å². The van der Waals surface area contributed by atoms with Crippen molar-refractivity contribution in [3.05, 3.63) is 102 Å². The molecule has 0 atom stereocenters. The molecule has 2 amide bonds. The van der Waals surface area contributed by atoms with Gasteiger partial charge >= 0.3 is 0 Å². The summed E-state index contributed by atoms with van der Waals surface area (Å²) in [6, 6.07) is 28.1. The molecule has 4 aromatic rings. The van der Waals surface area contributed by atoms with Gasteiger partial charge in [0.2, 0.25) is 0 Å². The summed E-state index contributed by atoms with van der Waals surface area (Å²) in [6.07, 6.45) is 0. The van der Waals surface area contributed by atoms with E-state index < -0.39 is 0 Å². The lowest BCUT2D eigenvalue weighted by atomic mass is 10.1. The topological polar surface area (TPSA) is 58.6 Å². The summed E-state index contributed by atoms with van der Waals surface area (Å²) in [4.78, 5) is 27.9. The molecule has 5 nitrogen and oxygen atoms in total. The summed E-state index contributed by atoms with van der Waals surface area (Å²) in [5.74, 6) is 0.750. The van der Waals surface area contributed by atoms with Crippen LogP contribution in [-0.2, 0) is 0 Å². The van der Waals surface area contributed by atoms with Gasteiger partial charge < -0.3 is 15.0 Å². The molecule has 1 N–H and O–H groups in total. The molecule has 5 heteroatoms. The minimum absolute atomic E-state index is 0.0864. The Kier molecular flexibility index (Phi) is 7.46. The van der Waals surface area contributed by atoms with Crippen LogP contribution in [0, 0.1) is 5.92 Å². The number of nitrogens with one attached hydrogen (secondary N) is 1. The Bertz CT molecular complexity index is 1320. The smallest absolute Gasteiger partial charge is 0.258 e. The number of ether oxygens (including phenoxy) is 1. The Balaban J connectivity index is 1.48. The lowest BCUT2D eigenvalue weighted by Crippen LogP contribution is -2.30. The molecule has 0 heterocycles. The molecule has 0 aliphatic carbocycles. The van der Waals surface area contributed by atoms with Crippen LogP contribution in [0.5, 0.6) is 5.75 Å². The average Bonchev–Trinajstić information content (AvgIpc) is 2.88. The molecule has 0 bridgehead atoms. The molecular formula is C30H30N2O3. The Morgan fingerprint density at radius 3 is 2.31 bits per heavy atom. The molecule has 35 heavy (non-hydrogen) atoms. The maximum absolute atomic E-state index is 13.3. The fraction of sp³-hybridized carbons (Fsp3) is 0.200. The van der Waals surface area contributed by atoms with Gasteiger partial charge in [0.1, 0.15) is 5.75 Å². The minimum atomic E-state index is -0.231. The highest BCUT2D eigenvalue weighted by atomic mass is 16.5.